The van der Waals surface area contributed by atoms with Gasteiger partial charge in [0.05, 0.1) is 13.2 Å². The molecule has 0 aromatic carbocycles. The summed E-state index contributed by atoms with van der Waals surface area (Å²) in [5, 5.41) is 0. The molecule has 17 heavy (non-hydrogen) atoms. The third-order valence-electron chi connectivity index (χ3n) is 2.38. The van der Waals surface area contributed by atoms with Gasteiger partial charge in [-0.1, -0.05) is 0 Å². The van der Waals surface area contributed by atoms with Gasteiger partial charge in [0.15, 0.2) is 0 Å². The summed E-state index contributed by atoms with van der Waals surface area (Å²) in [5.74, 6) is 0. The second-order valence-corrected chi connectivity index (χ2v) is 8.49. The minimum absolute atomic E-state index is 0.206. The van der Waals surface area contributed by atoms with Crippen LogP contribution in [0.4, 0.5) is 0 Å². The van der Waals surface area contributed by atoms with Crippen molar-refractivity contribution in [1.29, 1.82) is 0 Å². The maximum absolute atomic E-state index is 5.98. The molecule has 0 N–H and O–H groups in total. The van der Waals surface area contributed by atoms with Crippen molar-refractivity contribution in [2.24, 2.45) is 0 Å². The van der Waals surface area contributed by atoms with Crippen LogP contribution in [0.1, 0.15) is 27.7 Å². The summed E-state index contributed by atoms with van der Waals surface area (Å²) >= 11 is 0. The Hall–Kier alpha value is 0.0569. The topological polar surface area (TPSA) is 40.2 Å². The minimum Gasteiger partial charge on any atom is -0.392 e. The van der Waals surface area contributed by atoms with Crippen molar-refractivity contribution in [3.8, 4) is 0 Å². The summed E-state index contributed by atoms with van der Waals surface area (Å²) < 4.78 is 22.6. The summed E-state index contributed by atoms with van der Waals surface area (Å²) in [5.41, 5.74) is 0. The van der Waals surface area contributed by atoms with Crippen LogP contribution in [-0.2, 0) is 18.3 Å². The van der Waals surface area contributed by atoms with Crippen molar-refractivity contribution in [1.82, 2.24) is 0 Å². The molecular weight excluding hydrogens is 236 g/mol. The summed E-state index contributed by atoms with van der Waals surface area (Å²) in [6.45, 7) is 12.6. The van der Waals surface area contributed by atoms with Crippen molar-refractivity contribution < 1.29 is 18.3 Å². The van der Waals surface area contributed by atoms with Crippen LogP contribution in [0.2, 0.25) is 12.6 Å². The van der Waals surface area contributed by atoms with Gasteiger partial charge in [0.2, 0.25) is 0 Å². The van der Waals surface area contributed by atoms with E-state index in [0.717, 1.165) is 12.7 Å². The SMILES string of the molecule is CC(C)O[Si](C)(CCOCC1CO1)OC(C)C. The monoisotopic (exact) mass is 262 g/mol. The molecule has 0 aromatic heterocycles. The van der Waals surface area contributed by atoms with E-state index in [2.05, 4.69) is 6.55 Å². The Bertz CT molecular complexity index is 207. The smallest absolute Gasteiger partial charge is 0.337 e. The van der Waals surface area contributed by atoms with Crippen LogP contribution in [0, 0.1) is 0 Å². The molecule has 0 amide bonds. The number of hydrogen-bond acceptors (Lipinski definition) is 4. The predicted molar refractivity (Wildman–Crippen MR) is 69.4 cm³/mol. The summed E-state index contributed by atoms with van der Waals surface area (Å²) in [7, 11) is -2.09. The van der Waals surface area contributed by atoms with E-state index in [1.165, 1.54) is 0 Å². The lowest BCUT2D eigenvalue weighted by Gasteiger charge is -2.31. The largest absolute Gasteiger partial charge is 0.392 e. The molecule has 1 aliphatic heterocycles. The molecule has 0 aliphatic carbocycles. The Morgan fingerprint density at radius 3 is 2.12 bits per heavy atom. The van der Waals surface area contributed by atoms with Gasteiger partial charge in [-0.3, -0.25) is 0 Å². The lowest BCUT2D eigenvalue weighted by Crippen LogP contribution is -2.43. The molecule has 0 radical (unpaired) electrons. The highest BCUT2D eigenvalue weighted by Crippen LogP contribution is 2.18. The number of ether oxygens (including phenoxy) is 2. The molecule has 1 heterocycles. The Morgan fingerprint density at radius 2 is 1.71 bits per heavy atom. The van der Waals surface area contributed by atoms with Gasteiger partial charge in [0, 0.05) is 24.9 Å². The fourth-order valence-corrected chi connectivity index (χ4v) is 4.58. The molecule has 1 saturated heterocycles. The van der Waals surface area contributed by atoms with E-state index in [1.54, 1.807) is 0 Å². The summed E-state index contributed by atoms with van der Waals surface area (Å²) in [6, 6.07) is 0.871. The van der Waals surface area contributed by atoms with Crippen molar-refractivity contribution >= 4 is 8.56 Å². The van der Waals surface area contributed by atoms with Crippen molar-refractivity contribution in [2.75, 3.05) is 19.8 Å². The molecule has 5 heteroatoms. The summed E-state index contributed by atoms with van der Waals surface area (Å²) in [4.78, 5) is 0. The highest BCUT2D eigenvalue weighted by atomic mass is 28.4. The highest BCUT2D eigenvalue weighted by molar-refractivity contribution is 6.66. The van der Waals surface area contributed by atoms with Crippen molar-refractivity contribution in [3.63, 3.8) is 0 Å². The van der Waals surface area contributed by atoms with E-state index < -0.39 is 8.56 Å². The van der Waals surface area contributed by atoms with E-state index in [1.807, 2.05) is 27.7 Å². The Labute approximate surface area is 106 Å². The molecule has 0 aromatic rings. The lowest BCUT2D eigenvalue weighted by molar-refractivity contribution is 0.0877. The molecule has 1 aliphatic rings. The van der Waals surface area contributed by atoms with Crippen LogP contribution in [0.25, 0.3) is 0 Å². The molecule has 1 unspecified atom stereocenters. The number of hydrogen-bond donors (Lipinski definition) is 0. The molecule has 1 rings (SSSR count). The van der Waals surface area contributed by atoms with Gasteiger partial charge >= 0.3 is 8.56 Å². The number of rotatable bonds is 9. The van der Waals surface area contributed by atoms with Crippen molar-refractivity contribution in [3.05, 3.63) is 0 Å². The first-order valence-electron chi connectivity index (χ1n) is 6.46. The Kier molecular flexibility index (Phi) is 6.09. The van der Waals surface area contributed by atoms with Gasteiger partial charge < -0.3 is 18.3 Å². The fraction of sp³-hybridized carbons (Fsp3) is 1.00. The molecule has 0 saturated carbocycles. The van der Waals surface area contributed by atoms with Gasteiger partial charge in [-0.05, 0) is 34.2 Å². The summed E-state index contributed by atoms with van der Waals surface area (Å²) in [6.07, 6.45) is 0.745. The first kappa shape index (κ1) is 15.1. The van der Waals surface area contributed by atoms with Crippen LogP contribution < -0.4 is 0 Å². The highest BCUT2D eigenvalue weighted by Gasteiger charge is 2.34. The number of epoxide rings is 1. The Morgan fingerprint density at radius 1 is 1.18 bits per heavy atom. The van der Waals surface area contributed by atoms with Gasteiger partial charge in [-0.2, -0.15) is 0 Å². The van der Waals surface area contributed by atoms with Gasteiger partial charge in [0.1, 0.15) is 6.10 Å². The van der Waals surface area contributed by atoms with E-state index in [0.29, 0.717) is 19.3 Å². The Balaban J connectivity index is 2.26. The van der Waals surface area contributed by atoms with Crippen molar-refractivity contribution in [2.45, 2.75) is 58.6 Å². The zero-order chi connectivity index (χ0) is 12.9. The molecule has 1 atom stereocenters. The second kappa shape index (κ2) is 6.85. The van der Waals surface area contributed by atoms with Crippen LogP contribution in [0.5, 0.6) is 0 Å². The van der Waals surface area contributed by atoms with Gasteiger partial charge in [-0.15, -0.1) is 0 Å². The maximum Gasteiger partial charge on any atom is 0.337 e. The van der Waals surface area contributed by atoms with Crippen LogP contribution in [-0.4, -0.2) is 46.7 Å². The van der Waals surface area contributed by atoms with E-state index in [-0.39, 0.29) is 12.2 Å². The molecule has 0 bridgehead atoms. The quantitative estimate of drug-likeness (QED) is 0.363. The average Bonchev–Trinajstić information content (AvgIpc) is 2.93. The third kappa shape index (κ3) is 7.16. The molecular formula is C12H26O4Si. The van der Waals surface area contributed by atoms with E-state index >= 15 is 0 Å². The van der Waals surface area contributed by atoms with Crippen LogP contribution in [0.3, 0.4) is 0 Å². The molecule has 0 spiro atoms. The standard InChI is InChI=1S/C12H26O4Si/c1-10(2)15-17(5,16-11(3)4)7-6-13-8-12-9-14-12/h10-12H,6-9H2,1-5H3. The lowest BCUT2D eigenvalue weighted by atomic mass is 10.5. The van der Waals surface area contributed by atoms with E-state index in [4.69, 9.17) is 18.3 Å². The average molecular weight is 262 g/mol. The van der Waals surface area contributed by atoms with Crippen LogP contribution in [0.15, 0.2) is 0 Å². The maximum atomic E-state index is 5.98. The molecule has 4 nitrogen and oxygen atoms in total. The zero-order valence-corrected chi connectivity index (χ0v) is 12.7. The normalized spacial score (nSPS) is 20.3. The zero-order valence-electron chi connectivity index (χ0n) is 11.7. The van der Waals surface area contributed by atoms with Gasteiger partial charge in [-0.25, -0.2) is 0 Å². The first-order valence-corrected chi connectivity index (χ1v) is 8.98. The van der Waals surface area contributed by atoms with Crippen LogP contribution >= 0.6 is 0 Å². The second-order valence-electron chi connectivity index (χ2n) is 5.25. The minimum atomic E-state index is -2.09. The van der Waals surface area contributed by atoms with E-state index in [9.17, 15) is 0 Å². The first-order chi connectivity index (χ1) is 7.91. The molecule has 102 valence electrons. The molecule has 1 fully saturated rings. The van der Waals surface area contributed by atoms with Gasteiger partial charge in [0.25, 0.3) is 0 Å². The predicted octanol–water partition coefficient (Wildman–Crippen LogP) is 2.32. The fourth-order valence-electron chi connectivity index (χ4n) is 1.78. The third-order valence-corrected chi connectivity index (χ3v) is 5.43.